The van der Waals surface area contributed by atoms with Gasteiger partial charge in [0.05, 0.1) is 0 Å². The first-order valence-corrected chi connectivity index (χ1v) is 9.66. The molecular weight excluding hydrogens is 330 g/mol. The zero-order valence-electron chi connectivity index (χ0n) is 16.1. The molecule has 2 heteroatoms. The van der Waals surface area contributed by atoms with Gasteiger partial charge in [0.25, 0.3) is 5.91 Å². The largest absolute Gasteiger partial charge is 0.352 e. The molecule has 0 aromatic heterocycles. The van der Waals surface area contributed by atoms with Gasteiger partial charge in [-0.1, -0.05) is 80.6 Å². The third-order valence-electron chi connectivity index (χ3n) is 4.83. The Balaban J connectivity index is 1.46. The van der Waals surface area contributed by atoms with Crippen molar-refractivity contribution in [1.82, 2.24) is 5.32 Å². The average Bonchev–Trinajstić information content (AvgIpc) is 2.72. The highest BCUT2D eigenvalue weighted by molar-refractivity contribution is 5.94. The molecule has 2 nitrogen and oxygen atoms in total. The molecule has 0 radical (unpaired) electrons. The minimum atomic E-state index is -0.00947. The fraction of sp³-hybridized carbons (Fsp3) is 0.240. The highest BCUT2D eigenvalue weighted by Gasteiger charge is 2.06. The second-order valence-electron chi connectivity index (χ2n) is 7.20. The number of amides is 1. The second kappa shape index (κ2) is 9.18. The maximum atomic E-state index is 12.3. The van der Waals surface area contributed by atoms with Crippen LogP contribution < -0.4 is 5.32 Å². The quantitative estimate of drug-likeness (QED) is 0.529. The number of aryl methyl sites for hydroxylation is 1. The first kappa shape index (κ1) is 18.9. The first-order chi connectivity index (χ1) is 13.1. The third kappa shape index (κ3) is 5.30. The van der Waals surface area contributed by atoms with Crippen molar-refractivity contribution in [1.29, 1.82) is 0 Å². The van der Waals surface area contributed by atoms with Gasteiger partial charge in [-0.15, -0.1) is 0 Å². The van der Waals surface area contributed by atoms with Crippen LogP contribution in [0.1, 0.15) is 47.7 Å². The van der Waals surface area contributed by atoms with Crippen LogP contribution in [-0.2, 0) is 6.42 Å². The molecule has 0 unspecified atom stereocenters. The number of nitrogens with one attached hydrogen (secondary N) is 1. The summed E-state index contributed by atoms with van der Waals surface area (Å²) in [4.78, 5) is 12.3. The fourth-order valence-corrected chi connectivity index (χ4v) is 3.11. The maximum Gasteiger partial charge on any atom is 0.251 e. The lowest BCUT2D eigenvalue weighted by molar-refractivity contribution is 0.0953. The molecule has 138 valence electrons. The zero-order chi connectivity index (χ0) is 19.1. The van der Waals surface area contributed by atoms with Crippen molar-refractivity contribution in [2.24, 2.45) is 0 Å². The van der Waals surface area contributed by atoms with Gasteiger partial charge in [-0.05, 0) is 53.1 Å². The van der Waals surface area contributed by atoms with E-state index in [1.807, 2.05) is 42.5 Å². The molecule has 3 aromatic carbocycles. The smallest absolute Gasteiger partial charge is 0.251 e. The normalized spacial score (nSPS) is 10.8. The number of carbonyl (C=O) groups excluding carboxylic acids is 1. The van der Waals surface area contributed by atoms with Crippen LogP contribution >= 0.6 is 0 Å². The minimum absolute atomic E-state index is 0.00947. The van der Waals surface area contributed by atoms with Gasteiger partial charge in [-0.25, -0.2) is 0 Å². The summed E-state index contributed by atoms with van der Waals surface area (Å²) in [5.41, 5.74) is 5.67. The minimum Gasteiger partial charge on any atom is -0.352 e. The molecule has 0 spiro atoms. The van der Waals surface area contributed by atoms with E-state index in [9.17, 15) is 4.79 Å². The summed E-state index contributed by atoms with van der Waals surface area (Å²) in [5, 5.41) is 3.02. The van der Waals surface area contributed by atoms with Crippen molar-refractivity contribution in [3.63, 3.8) is 0 Å². The standard InChI is InChI=1S/C25H27NO/c1-19(2)21-12-10-20(11-13-21)7-6-18-26-25(27)24-16-14-23(15-17-24)22-8-4-3-5-9-22/h3-5,8-17,19H,6-7,18H2,1-2H3,(H,26,27). The van der Waals surface area contributed by atoms with Crippen LogP contribution in [0.2, 0.25) is 0 Å². The van der Waals surface area contributed by atoms with Crippen molar-refractivity contribution < 1.29 is 4.79 Å². The van der Waals surface area contributed by atoms with Gasteiger partial charge in [-0.2, -0.15) is 0 Å². The van der Waals surface area contributed by atoms with E-state index >= 15 is 0 Å². The summed E-state index contributed by atoms with van der Waals surface area (Å²) in [7, 11) is 0. The van der Waals surface area contributed by atoms with Crippen LogP contribution in [-0.4, -0.2) is 12.5 Å². The van der Waals surface area contributed by atoms with Gasteiger partial charge in [-0.3, -0.25) is 4.79 Å². The molecule has 0 atom stereocenters. The Morgan fingerprint density at radius 2 is 1.44 bits per heavy atom. The molecule has 1 amide bonds. The van der Waals surface area contributed by atoms with Gasteiger partial charge in [0.15, 0.2) is 0 Å². The Labute approximate surface area is 162 Å². The van der Waals surface area contributed by atoms with Gasteiger partial charge in [0.1, 0.15) is 0 Å². The first-order valence-electron chi connectivity index (χ1n) is 9.66. The molecule has 0 saturated heterocycles. The summed E-state index contributed by atoms with van der Waals surface area (Å²) in [6, 6.07) is 26.8. The van der Waals surface area contributed by atoms with Crippen LogP contribution in [0.3, 0.4) is 0 Å². The Morgan fingerprint density at radius 3 is 2.07 bits per heavy atom. The monoisotopic (exact) mass is 357 g/mol. The van der Waals surface area contributed by atoms with Gasteiger partial charge in [0.2, 0.25) is 0 Å². The number of rotatable bonds is 7. The molecule has 0 aliphatic heterocycles. The molecule has 0 heterocycles. The molecule has 0 saturated carbocycles. The predicted molar refractivity (Wildman–Crippen MR) is 113 cm³/mol. The lowest BCUT2D eigenvalue weighted by atomic mass is 10.0. The molecule has 0 aliphatic carbocycles. The Bertz CT molecular complexity index is 849. The molecular formula is C25H27NO. The fourth-order valence-electron chi connectivity index (χ4n) is 3.11. The highest BCUT2D eigenvalue weighted by atomic mass is 16.1. The Morgan fingerprint density at radius 1 is 0.815 bits per heavy atom. The average molecular weight is 357 g/mol. The van der Waals surface area contributed by atoms with Crippen molar-refractivity contribution in [3.05, 3.63) is 95.6 Å². The van der Waals surface area contributed by atoms with E-state index in [0.717, 1.165) is 24.0 Å². The Hall–Kier alpha value is -2.87. The van der Waals surface area contributed by atoms with Crippen LogP contribution in [0.5, 0.6) is 0 Å². The summed E-state index contributed by atoms with van der Waals surface area (Å²) in [5.74, 6) is 0.552. The molecule has 3 rings (SSSR count). The lowest BCUT2D eigenvalue weighted by Crippen LogP contribution is -2.24. The molecule has 0 aliphatic rings. The van der Waals surface area contributed by atoms with Crippen LogP contribution in [0.15, 0.2) is 78.9 Å². The number of hydrogen-bond acceptors (Lipinski definition) is 1. The van der Waals surface area contributed by atoms with E-state index < -0.39 is 0 Å². The summed E-state index contributed by atoms with van der Waals surface area (Å²) >= 11 is 0. The van der Waals surface area contributed by atoms with Crippen molar-refractivity contribution >= 4 is 5.91 Å². The van der Waals surface area contributed by atoms with Gasteiger partial charge < -0.3 is 5.32 Å². The van der Waals surface area contributed by atoms with Crippen LogP contribution in [0.4, 0.5) is 0 Å². The van der Waals surface area contributed by atoms with E-state index in [1.54, 1.807) is 0 Å². The van der Waals surface area contributed by atoms with Crippen LogP contribution in [0.25, 0.3) is 11.1 Å². The predicted octanol–water partition coefficient (Wildman–Crippen LogP) is 5.84. The molecule has 0 bridgehead atoms. The number of hydrogen-bond donors (Lipinski definition) is 1. The van der Waals surface area contributed by atoms with E-state index in [0.29, 0.717) is 18.0 Å². The maximum absolute atomic E-state index is 12.3. The molecule has 27 heavy (non-hydrogen) atoms. The molecule has 1 N–H and O–H groups in total. The van der Waals surface area contributed by atoms with Crippen LogP contribution in [0, 0.1) is 0 Å². The van der Waals surface area contributed by atoms with Crippen molar-refractivity contribution in [2.45, 2.75) is 32.6 Å². The zero-order valence-corrected chi connectivity index (χ0v) is 16.1. The van der Waals surface area contributed by atoms with Gasteiger partial charge in [0, 0.05) is 12.1 Å². The lowest BCUT2D eigenvalue weighted by Gasteiger charge is -2.08. The van der Waals surface area contributed by atoms with E-state index in [1.165, 1.54) is 11.1 Å². The van der Waals surface area contributed by atoms with E-state index in [-0.39, 0.29) is 5.91 Å². The van der Waals surface area contributed by atoms with E-state index in [2.05, 4.69) is 55.6 Å². The Kier molecular flexibility index (Phi) is 6.43. The topological polar surface area (TPSA) is 29.1 Å². The molecule has 0 fully saturated rings. The third-order valence-corrected chi connectivity index (χ3v) is 4.83. The van der Waals surface area contributed by atoms with Crippen molar-refractivity contribution in [2.75, 3.05) is 6.54 Å². The van der Waals surface area contributed by atoms with E-state index in [4.69, 9.17) is 0 Å². The summed E-state index contributed by atoms with van der Waals surface area (Å²) < 4.78 is 0. The highest BCUT2D eigenvalue weighted by Crippen LogP contribution is 2.19. The van der Waals surface area contributed by atoms with Gasteiger partial charge >= 0.3 is 0 Å². The summed E-state index contributed by atoms with van der Waals surface area (Å²) in [6.45, 7) is 5.10. The van der Waals surface area contributed by atoms with Crippen molar-refractivity contribution in [3.8, 4) is 11.1 Å². The number of carbonyl (C=O) groups is 1. The SMILES string of the molecule is CC(C)c1ccc(CCCNC(=O)c2ccc(-c3ccccc3)cc2)cc1. The molecule has 3 aromatic rings. The number of benzene rings is 3. The second-order valence-corrected chi connectivity index (χ2v) is 7.20. The summed E-state index contributed by atoms with van der Waals surface area (Å²) in [6.07, 6.45) is 1.92.